The molecular weight excluding hydrogens is 229 g/mol. The van der Waals surface area contributed by atoms with E-state index >= 15 is 0 Å². The zero-order valence-electron chi connectivity index (χ0n) is 10.7. The average molecular weight is 252 g/mol. The lowest BCUT2D eigenvalue weighted by atomic mass is 9.84. The third-order valence-corrected chi connectivity index (χ3v) is 3.55. The Bertz CT molecular complexity index is 212. The van der Waals surface area contributed by atoms with Gasteiger partial charge in [-0.15, -0.1) is 0 Å². The van der Waals surface area contributed by atoms with Gasteiger partial charge in [0.05, 0.1) is 6.54 Å². The predicted octanol–water partition coefficient (Wildman–Crippen LogP) is 2.65. The molecule has 1 saturated carbocycles. The summed E-state index contributed by atoms with van der Waals surface area (Å²) in [5.41, 5.74) is 0. The molecule has 5 heteroatoms. The van der Waals surface area contributed by atoms with Gasteiger partial charge in [0.2, 0.25) is 0 Å². The van der Waals surface area contributed by atoms with Crippen LogP contribution in [-0.4, -0.2) is 44.3 Å². The van der Waals surface area contributed by atoms with Gasteiger partial charge in [-0.2, -0.15) is 13.2 Å². The van der Waals surface area contributed by atoms with E-state index in [1.54, 1.807) is 7.05 Å². The zero-order valence-corrected chi connectivity index (χ0v) is 10.7. The van der Waals surface area contributed by atoms with E-state index in [9.17, 15) is 13.2 Å². The largest absolute Gasteiger partial charge is 0.401 e. The van der Waals surface area contributed by atoms with Crippen molar-refractivity contribution in [3.05, 3.63) is 0 Å². The Labute approximate surface area is 102 Å². The zero-order chi connectivity index (χ0) is 12.9. The van der Waals surface area contributed by atoms with E-state index in [1.165, 1.54) is 24.2 Å². The van der Waals surface area contributed by atoms with Gasteiger partial charge in [-0.05, 0) is 32.9 Å². The number of nitrogens with one attached hydrogen (secondary N) is 1. The van der Waals surface area contributed by atoms with Crippen LogP contribution in [0, 0.1) is 5.92 Å². The molecule has 102 valence electrons. The summed E-state index contributed by atoms with van der Waals surface area (Å²) in [6, 6.07) is 0.183. The minimum atomic E-state index is -4.10. The molecule has 0 amide bonds. The highest BCUT2D eigenvalue weighted by molar-refractivity contribution is 4.81. The summed E-state index contributed by atoms with van der Waals surface area (Å²) in [7, 11) is 3.39. The maximum atomic E-state index is 12.2. The number of rotatable bonds is 5. The second-order valence-corrected chi connectivity index (χ2v) is 5.11. The Kier molecular flexibility index (Phi) is 5.73. The molecule has 0 radical (unpaired) electrons. The molecule has 0 spiro atoms. The first-order valence-electron chi connectivity index (χ1n) is 6.35. The van der Waals surface area contributed by atoms with Crippen LogP contribution in [0.15, 0.2) is 0 Å². The van der Waals surface area contributed by atoms with Gasteiger partial charge in [-0.1, -0.05) is 19.3 Å². The van der Waals surface area contributed by atoms with Crippen LogP contribution in [-0.2, 0) is 0 Å². The van der Waals surface area contributed by atoms with Crippen molar-refractivity contribution >= 4 is 0 Å². The van der Waals surface area contributed by atoms with E-state index in [1.807, 2.05) is 7.05 Å². The van der Waals surface area contributed by atoms with Crippen molar-refractivity contribution in [1.29, 1.82) is 0 Å². The molecule has 0 heterocycles. The summed E-state index contributed by atoms with van der Waals surface area (Å²) in [6.45, 7) is -0.349. The molecule has 0 aromatic rings. The maximum absolute atomic E-state index is 12.2. The van der Waals surface area contributed by atoms with Crippen LogP contribution in [0.2, 0.25) is 0 Å². The van der Waals surface area contributed by atoms with Gasteiger partial charge in [-0.25, -0.2) is 0 Å². The molecular formula is C12H23F3N2. The van der Waals surface area contributed by atoms with Gasteiger partial charge in [0, 0.05) is 12.6 Å². The van der Waals surface area contributed by atoms with E-state index < -0.39 is 12.7 Å². The number of hydrogen-bond donors (Lipinski definition) is 1. The van der Waals surface area contributed by atoms with Gasteiger partial charge in [-0.3, -0.25) is 4.90 Å². The van der Waals surface area contributed by atoms with Crippen molar-refractivity contribution in [2.45, 2.75) is 44.3 Å². The van der Waals surface area contributed by atoms with E-state index in [4.69, 9.17) is 0 Å². The fourth-order valence-corrected chi connectivity index (χ4v) is 2.72. The van der Waals surface area contributed by atoms with Crippen LogP contribution in [0.3, 0.4) is 0 Å². The molecule has 1 unspecified atom stereocenters. The average Bonchev–Trinajstić information content (AvgIpc) is 2.24. The second kappa shape index (κ2) is 6.59. The van der Waals surface area contributed by atoms with Crippen LogP contribution in [0.4, 0.5) is 13.2 Å². The molecule has 0 bridgehead atoms. The quantitative estimate of drug-likeness (QED) is 0.809. The fraction of sp³-hybridized carbons (Fsp3) is 1.00. The van der Waals surface area contributed by atoms with Crippen molar-refractivity contribution in [2.24, 2.45) is 5.92 Å². The molecule has 0 aromatic carbocycles. The van der Waals surface area contributed by atoms with Crippen LogP contribution in [0.5, 0.6) is 0 Å². The molecule has 1 atom stereocenters. The molecule has 1 N–H and O–H groups in total. The third kappa shape index (κ3) is 5.73. The number of alkyl halides is 3. The first kappa shape index (κ1) is 14.8. The van der Waals surface area contributed by atoms with E-state index in [2.05, 4.69) is 5.32 Å². The Morgan fingerprint density at radius 1 is 1.24 bits per heavy atom. The summed E-state index contributed by atoms with van der Waals surface area (Å²) in [5, 5.41) is 3.18. The summed E-state index contributed by atoms with van der Waals surface area (Å²) in [6.07, 6.45) is 1.89. The summed E-state index contributed by atoms with van der Waals surface area (Å²) in [4.78, 5) is 1.37. The van der Waals surface area contributed by atoms with Crippen LogP contribution < -0.4 is 5.32 Å². The molecule has 1 aliphatic rings. The van der Waals surface area contributed by atoms with Crippen LogP contribution in [0.1, 0.15) is 32.1 Å². The second-order valence-electron chi connectivity index (χ2n) is 5.11. The van der Waals surface area contributed by atoms with Gasteiger partial charge in [0.1, 0.15) is 0 Å². The van der Waals surface area contributed by atoms with Crippen LogP contribution >= 0.6 is 0 Å². The molecule has 0 aliphatic heterocycles. The van der Waals surface area contributed by atoms with Gasteiger partial charge in [0.15, 0.2) is 0 Å². The fourth-order valence-electron chi connectivity index (χ4n) is 2.72. The highest BCUT2D eigenvalue weighted by Gasteiger charge is 2.31. The van der Waals surface area contributed by atoms with Gasteiger partial charge in [0.25, 0.3) is 0 Å². The normalized spacial score (nSPS) is 20.8. The molecule has 1 fully saturated rings. The Morgan fingerprint density at radius 2 is 1.82 bits per heavy atom. The monoisotopic (exact) mass is 252 g/mol. The summed E-state index contributed by atoms with van der Waals surface area (Å²) < 4.78 is 36.7. The lowest BCUT2D eigenvalue weighted by molar-refractivity contribution is -0.143. The maximum Gasteiger partial charge on any atom is 0.401 e. The number of nitrogens with zero attached hydrogens (tertiary/aromatic N) is 1. The highest BCUT2D eigenvalue weighted by Crippen LogP contribution is 2.27. The van der Waals surface area contributed by atoms with Gasteiger partial charge < -0.3 is 5.32 Å². The molecule has 1 rings (SSSR count). The Hall–Kier alpha value is -0.290. The lowest BCUT2D eigenvalue weighted by Gasteiger charge is -2.33. The number of hydrogen-bond acceptors (Lipinski definition) is 2. The smallest absolute Gasteiger partial charge is 0.315 e. The van der Waals surface area contributed by atoms with Crippen molar-refractivity contribution in [3.63, 3.8) is 0 Å². The molecule has 17 heavy (non-hydrogen) atoms. The number of halogens is 3. The lowest BCUT2D eigenvalue weighted by Crippen LogP contribution is -2.45. The Balaban J connectivity index is 2.39. The minimum absolute atomic E-state index is 0.183. The predicted molar refractivity (Wildman–Crippen MR) is 63.0 cm³/mol. The SMILES string of the molecule is CNC(CN(C)CC(F)(F)F)C1CCCCC1. The standard InChI is InChI=1S/C12H23F3N2/c1-16-11(10-6-4-3-5-7-10)8-17(2)9-12(13,14)15/h10-11,16H,3-9H2,1-2H3. The molecule has 2 nitrogen and oxygen atoms in total. The van der Waals surface area contributed by atoms with Crippen molar-refractivity contribution < 1.29 is 13.2 Å². The van der Waals surface area contributed by atoms with Crippen molar-refractivity contribution in [1.82, 2.24) is 10.2 Å². The van der Waals surface area contributed by atoms with E-state index in [-0.39, 0.29) is 6.04 Å². The molecule has 0 aromatic heterocycles. The van der Waals surface area contributed by atoms with Crippen LogP contribution in [0.25, 0.3) is 0 Å². The minimum Gasteiger partial charge on any atom is -0.315 e. The molecule has 0 saturated heterocycles. The van der Waals surface area contributed by atoms with Crippen molar-refractivity contribution in [3.8, 4) is 0 Å². The summed E-state index contributed by atoms with van der Waals surface area (Å²) in [5.74, 6) is 0.532. The topological polar surface area (TPSA) is 15.3 Å². The van der Waals surface area contributed by atoms with Crippen molar-refractivity contribution in [2.75, 3.05) is 27.2 Å². The van der Waals surface area contributed by atoms with Gasteiger partial charge >= 0.3 is 6.18 Å². The van der Waals surface area contributed by atoms with E-state index in [0.717, 1.165) is 12.8 Å². The number of likely N-dealkylation sites (N-methyl/N-ethyl adjacent to an activating group) is 2. The summed E-state index contributed by atoms with van der Waals surface area (Å²) >= 11 is 0. The third-order valence-electron chi connectivity index (χ3n) is 3.55. The molecule has 1 aliphatic carbocycles. The first-order chi connectivity index (χ1) is 7.92. The van der Waals surface area contributed by atoms with E-state index in [0.29, 0.717) is 12.5 Å². The first-order valence-corrected chi connectivity index (χ1v) is 6.35. The highest BCUT2D eigenvalue weighted by atomic mass is 19.4. The Morgan fingerprint density at radius 3 is 2.29 bits per heavy atom.